The van der Waals surface area contributed by atoms with Crippen molar-refractivity contribution in [1.82, 2.24) is 5.32 Å². The van der Waals surface area contributed by atoms with E-state index in [1.807, 2.05) is 42.5 Å². The van der Waals surface area contributed by atoms with Crippen LogP contribution in [0.4, 0.5) is 5.69 Å². The number of hydrogen-bond donors (Lipinski definition) is 2. The Morgan fingerprint density at radius 3 is 2.30 bits per heavy atom. The molecular formula is C23H30N3O4+. The lowest BCUT2D eigenvalue weighted by molar-refractivity contribution is -0.892. The molecule has 0 aliphatic carbocycles. The van der Waals surface area contributed by atoms with Gasteiger partial charge in [0.05, 0.1) is 40.4 Å². The van der Waals surface area contributed by atoms with Crippen molar-refractivity contribution in [3.8, 4) is 5.75 Å². The van der Waals surface area contributed by atoms with E-state index in [0.717, 1.165) is 43.2 Å². The van der Waals surface area contributed by atoms with Gasteiger partial charge >= 0.3 is 5.97 Å². The van der Waals surface area contributed by atoms with Gasteiger partial charge in [0.15, 0.2) is 6.54 Å². The molecule has 0 unspecified atom stereocenters. The second-order valence-corrected chi connectivity index (χ2v) is 7.44. The average Bonchev–Trinajstić information content (AvgIpc) is 2.79. The number of rotatable bonds is 8. The number of quaternary nitrogens is 1. The molecule has 0 radical (unpaired) electrons. The molecule has 1 aliphatic rings. The maximum atomic E-state index is 12.6. The minimum absolute atomic E-state index is 0.130. The SMILES string of the molecule is COC(=O)[C@@H](Cc1ccccc1)NC(=O)C[NH+]1CCN(c2ccc(OC)cc2)CC1. The van der Waals surface area contributed by atoms with Crippen LogP contribution in [0, 0.1) is 0 Å². The maximum Gasteiger partial charge on any atom is 0.328 e. The number of esters is 1. The highest BCUT2D eigenvalue weighted by atomic mass is 16.5. The van der Waals surface area contributed by atoms with Crippen LogP contribution in [0.1, 0.15) is 5.56 Å². The van der Waals surface area contributed by atoms with Crippen molar-refractivity contribution in [2.45, 2.75) is 12.5 Å². The number of methoxy groups -OCH3 is 2. The first-order chi connectivity index (χ1) is 14.6. The normalized spacial score (nSPS) is 15.3. The summed E-state index contributed by atoms with van der Waals surface area (Å²) in [5, 5.41) is 2.86. The largest absolute Gasteiger partial charge is 0.497 e. The zero-order chi connectivity index (χ0) is 21.3. The van der Waals surface area contributed by atoms with E-state index in [1.165, 1.54) is 12.0 Å². The Labute approximate surface area is 177 Å². The van der Waals surface area contributed by atoms with Crippen molar-refractivity contribution in [2.24, 2.45) is 0 Å². The summed E-state index contributed by atoms with van der Waals surface area (Å²) in [4.78, 5) is 28.2. The summed E-state index contributed by atoms with van der Waals surface area (Å²) in [5.41, 5.74) is 2.14. The Morgan fingerprint density at radius 1 is 1.03 bits per heavy atom. The summed E-state index contributed by atoms with van der Waals surface area (Å²) < 4.78 is 10.1. The number of ether oxygens (including phenoxy) is 2. The molecule has 1 fully saturated rings. The quantitative estimate of drug-likeness (QED) is 0.611. The van der Waals surface area contributed by atoms with E-state index in [9.17, 15) is 9.59 Å². The van der Waals surface area contributed by atoms with Crippen LogP contribution in [0.15, 0.2) is 54.6 Å². The Morgan fingerprint density at radius 2 is 1.70 bits per heavy atom. The molecule has 7 nitrogen and oxygen atoms in total. The first-order valence-electron chi connectivity index (χ1n) is 10.2. The number of hydrogen-bond acceptors (Lipinski definition) is 5. The third kappa shape index (κ3) is 5.97. The molecule has 2 aromatic rings. The van der Waals surface area contributed by atoms with Gasteiger partial charge < -0.3 is 24.6 Å². The molecule has 0 spiro atoms. The number of nitrogens with zero attached hydrogens (tertiary/aromatic N) is 1. The highest BCUT2D eigenvalue weighted by Gasteiger charge is 2.26. The second-order valence-electron chi connectivity index (χ2n) is 7.44. The molecule has 0 bridgehead atoms. The molecular weight excluding hydrogens is 382 g/mol. The van der Waals surface area contributed by atoms with Gasteiger partial charge in [-0.05, 0) is 29.8 Å². The Bertz CT molecular complexity index is 818. The van der Waals surface area contributed by atoms with Gasteiger partial charge in [0.1, 0.15) is 11.8 Å². The molecule has 0 saturated carbocycles. The Hall–Kier alpha value is -3.06. The van der Waals surface area contributed by atoms with Crippen LogP contribution in [-0.2, 0) is 20.7 Å². The van der Waals surface area contributed by atoms with Crippen molar-refractivity contribution in [3.63, 3.8) is 0 Å². The topological polar surface area (TPSA) is 72.3 Å². The fraction of sp³-hybridized carbons (Fsp3) is 0.391. The zero-order valence-corrected chi connectivity index (χ0v) is 17.6. The van der Waals surface area contributed by atoms with Gasteiger partial charge in [-0.25, -0.2) is 4.79 Å². The van der Waals surface area contributed by atoms with E-state index in [0.29, 0.717) is 13.0 Å². The fourth-order valence-electron chi connectivity index (χ4n) is 3.71. The van der Waals surface area contributed by atoms with Crippen molar-refractivity contribution < 1.29 is 24.0 Å². The second kappa shape index (κ2) is 10.6. The van der Waals surface area contributed by atoms with Crippen LogP contribution in [0.5, 0.6) is 5.75 Å². The lowest BCUT2D eigenvalue weighted by atomic mass is 10.1. The van der Waals surface area contributed by atoms with Crippen molar-refractivity contribution in [1.29, 1.82) is 0 Å². The molecule has 1 heterocycles. The molecule has 30 heavy (non-hydrogen) atoms. The van der Waals surface area contributed by atoms with Gasteiger partial charge in [-0.3, -0.25) is 4.79 Å². The molecule has 1 amide bonds. The predicted molar refractivity (Wildman–Crippen MR) is 115 cm³/mol. The molecule has 160 valence electrons. The minimum atomic E-state index is -0.676. The summed E-state index contributed by atoms with van der Waals surface area (Å²) in [7, 11) is 3.00. The van der Waals surface area contributed by atoms with Crippen molar-refractivity contribution in [3.05, 3.63) is 60.2 Å². The number of amides is 1. The Balaban J connectivity index is 1.49. The molecule has 1 saturated heterocycles. The van der Waals surface area contributed by atoms with E-state index < -0.39 is 12.0 Å². The number of carbonyl (C=O) groups excluding carboxylic acids is 2. The smallest absolute Gasteiger partial charge is 0.328 e. The lowest BCUT2D eigenvalue weighted by Crippen LogP contribution is -3.16. The van der Waals surface area contributed by atoms with Gasteiger partial charge in [0.2, 0.25) is 0 Å². The van der Waals surface area contributed by atoms with Crippen LogP contribution in [-0.4, -0.2) is 64.9 Å². The van der Waals surface area contributed by atoms with Gasteiger partial charge in [-0.2, -0.15) is 0 Å². The first-order valence-corrected chi connectivity index (χ1v) is 10.2. The third-order valence-electron chi connectivity index (χ3n) is 5.42. The molecule has 1 atom stereocenters. The van der Waals surface area contributed by atoms with Crippen LogP contribution in [0.3, 0.4) is 0 Å². The zero-order valence-electron chi connectivity index (χ0n) is 17.6. The van der Waals surface area contributed by atoms with Gasteiger partial charge in [0, 0.05) is 12.1 Å². The maximum absolute atomic E-state index is 12.6. The van der Waals surface area contributed by atoms with Crippen LogP contribution in [0.2, 0.25) is 0 Å². The molecule has 2 aromatic carbocycles. The van der Waals surface area contributed by atoms with Gasteiger partial charge in [-0.1, -0.05) is 30.3 Å². The van der Waals surface area contributed by atoms with Crippen molar-refractivity contribution >= 4 is 17.6 Å². The van der Waals surface area contributed by atoms with Crippen LogP contribution >= 0.6 is 0 Å². The monoisotopic (exact) mass is 412 g/mol. The first kappa shape index (κ1) is 21.6. The van der Waals surface area contributed by atoms with Crippen LogP contribution in [0.25, 0.3) is 0 Å². The standard InChI is InChI=1S/C23H29N3O4/c1-29-20-10-8-19(9-11-20)26-14-12-25(13-15-26)17-22(27)24-21(23(28)30-2)16-18-6-4-3-5-7-18/h3-11,21H,12-17H2,1-2H3,(H,24,27)/p+1/t21-/m1/s1. The van der Waals surface area contributed by atoms with E-state index in [-0.39, 0.29) is 5.91 Å². The fourth-order valence-corrected chi connectivity index (χ4v) is 3.71. The Kier molecular flexibility index (Phi) is 7.68. The average molecular weight is 413 g/mol. The lowest BCUT2D eigenvalue weighted by Gasteiger charge is -2.33. The van der Waals surface area contributed by atoms with E-state index in [4.69, 9.17) is 9.47 Å². The number of anilines is 1. The highest BCUT2D eigenvalue weighted by Crippen LogP contribution is 2.18. The third-order valence-corrected chi connectivity index (χ3v) is 5.42. The number of piperazine rings is 1. The van der Waals surface area contributed by atoms with Gasteiger partial charge in [0.25, 0.3) is 5.91 Å². The summed E-state index contributed by atoms with van der Waals surface area (Å²) in [6.45, 7) is 3.82. The molecule has 3 rings (SSSR count). The van der Waals surface area contributed by atoms with E-state index in [2.05, 4.69) is 22.3 Å². The van der Waals surface area contributed by atoms with Crippen LogP contribution < -0.4 is 19.9 Å². The summed E-state index contributed by atoms with van der Waals surface area (Å²) >= 11 is 0. The molecule has 7 heteroatoms. The van der Waals surface area contributed by atoms with Crippen molar-refractivity contribution in [2.75, 3.05) is 51.8 Å². The number of carbonyl (C=O) groups is 2. The minimum Gasteiger partial charge on any atom is -0.497 e. The molecule has 1 aliphatic heterocycles. The molecule has 0 aromatic heterocycles. The predicted octanol–water partition coefficient (Wildman–Crippen LogP) is 0.301. The van der Waals surface area contributed by atoms with E-state index >= 15 is 0 Å². The highest BCUT2D eigenvalue weighted by molar-refractivity contribution is 5.85. The summed E-state index contributed by atoms with van der Waals surface area (Å²) in [6, 6.07) is 17.0. The summed E-state index contributed by atoms with van der Waals surface area (Å²) in [5.74, 6) is 0.288. The summed E-state index contributed by atoms with van der Waals surface area (Å²) in [6.07, 6.45) is 0.417. The number of nitrogens with one attached hydrogen (secondary N) is 2. The van der Waals surface area contributed by atoms with E-state index in [1.54, 1.807) is 7.11 Å². The number of benzene rings is 2. The molecule has 2 N–H and O–H groups in total. The van der Waals surface area contributed by atoms with Gasteiger partial charge in [-0.15, -0.1) is 0 Å².